The third kappa shape index (κ3) is 3.71. The Morgan fingerprint density at radius 3 is 2.48 bits per heavy atom. The molecule has 3 heterocycles. The Morgan fingerprint density at radius 1 is 1.16 bits per heavy atom. The molecule has 2 bridgehead atoms. The highest BCUT2D eigenvalue weighted by Crippen LogP contribution is 2.42. The number of amides is 2. The molecule has 1 aromatic heterocycles. The van der Waals surface area contributed by atoms with E-state index in [1.165, 1.54) is 24.4 Å². The number of aryl methyl sites for hydroxylation is 1. The molecule has 2 unspecified atom stereocenters. The highest BCUT2D eigenvalue weighted by Gasteiger charge is 2.43. The summed E-state index contributed by atoms with van der Waals surface area (Å²) in [6.45, 7) is 2.54. The van der Waals surface area contributed by atoms with Crippen molar-refractivity contribution >= 4 is 23.3 Å². The third-order valence-electron chi connectivity index (χ3n) is 5.98. The van der Waals surface area contributed by atoms with Gasteiger partial charge in [-0.2, -0.15) is 0 Å². The number of nitrogens with zero attached hydrogens (tertiary/aromatic N) is 3. The van der Waals surface area contributed by atoms with E-state index in [4.69, 9.17) is 0 Å². The molecular weight excluding hydrogens is 336 g/mol. The molecule has 1 aliphatic carbocycles. The predicted octanol–water partition coefficient (Wildman–Crippen LogP) is 2.54. The van der Waals surface area contributed by atoms with Crippen molar-refractivity contribution in [3.05, 3.63) is 10.6 Å². The van der Waals surface area contributed by atoms with Gasteiger partial charge in [-0.05, 0) is 75.2 Å². The maximum atomic E-state index is 12.5. The fourth-order valence-corrected chi connectivity index (χ4v) is 4.99. The lowest BCUT2D eigenvalue weighted by Crippen LogP contribution is -2.47. The van der Waals surface area contributed by atoms with Crippen LogP contribution in [0.25, 0.3) is 0 Å². The van der Waals surface area contributed by atoms with Gasteiger partial charge >= 0.3 is 0 Å². The van der Waals surface area contributed by atoms with Gasteiger partial charge in [0.05, 0.1) is 4.88 Å². The van der Waals surface area contributed by atoms with E-state index in [0.29, 0.717) is 42.1 Å². The summed E-state index contributed by atoms with van der Waals surface area (Å²) >= 11 is 1.26. The Kier molecular flexibility index (Phi) is 4.75. The van der Waals surface area contributed by atoms with Gasteiger partial charge < -0.3 is 10.2 Å². The molecule has 25 heavy (non-hydrogen) atoms. The van der Waals surface area contributed by atoms with Crippen LogP contribution in [0.3, 0.4) is 0 Å². The zero-order chi connectivity index (χ0) is 17.4. The smallest absolute Gasteiger partial charge is 0.273 e. The van der Waals surface area contributed by atoms with Crippen LogP contribution in [0.1, 0.15) is 66.7 Å². The van der Waals surface area contributed by atoms with Gasteiger partial charge in [0.25, 0.3) is 5.91 Å². The Hall–Kier alpha value is -1.50. The SMILES string of the molecule is Cc1snnc1C(=O)NCCC1CC2CCC(C1)N2C(=O)CC1CC1. The van der Waals surface area contributed by atoms with Crippen LogP contribution in [0.15, 0.2) is 0 Å². The molecular formula is C18H26N4O2S. The van der Waals surface area contributed by atoms with E-state index in [0.717, 1.165) is 43.4 Å². The van der Waals surface area contributed by atoms with Crippen molar-refractivity contribution in [2.75, 3.05) is 6.54 Å². The van der Waals surface area contributed by atoms with E-state index in [9.17, 15) is 9.59 Å². The Labute approximate surface area is 152 Å². The van der Waals surface area contributed by atoms with Crippen LogP contribution in [0.2, 0.25) is 0 Å². The van der Waals surface area contributed by atoms with Crippen LogP contribution < -0.4 is 5.32 Å². The third-order valence-corrected chi connectivity index (χ3v) is 6.61. The number of piperidine rings is 1. The lowest BCUT2D eigenvalue weighted by atomic mass is 9.88. The second-order valence-electron chi connectivity index (χ2n) is 7.89. The number of rotatable bonds is 6. The molecule has 2 aliphatic heterocycles. The molecule has 3 aliphatic rings. The lowest BCUT2D eigenvalue weighted by Gasteiger charge is -2.39. The van der Waals surface area contributed by atoms with Crippen LogP contribution >= 0.6 is 11.5 Å². The van der Waals surface area contributed by atoms with Crippen molar-refractivity contribution in [3.8, 4) is 0 Å². The summed E-state index contributed by atoms with van der Waals surface area (Å²) < 4.78 is 3.81. The van der Waals surface area contributed by atoms with E-state index in [-0.39, 0.29) is 5.91 Å². The van der Waals surface area contributed by atoms with E-state index in [2.05, 4.69) is 19.8 Å². The zero-order valence-corrected chi connectivity index (χ0v) is 15.6. The van der Waals surface area contributed by atoms with Gasteiger partial charge in [-0.15, -0.1) is 5.10 Å². The number of aromatic nitrogens is 2. The minimum atomic E-state index is -0.119. The van der Waals surface area contributed by atoms with Crippen molar-refractivity contribution in [3.63, 3.8) is 0 Å². The minimum absolute atomic E-state index is 0.119. The second-order valence-corrected chi connectivity index (χ2v) is 8.85. The summed E-state index contributed by atoms with van der Waals surface area (Å²) in [5.74, 6) is 1.56. The Bertz CT molecular complexity index is 643. The van der Waals surface area contributed by atoms with Crippen LogP contribution in [0.4, 0.5) is 0 Å². The molecule has 1 N–H and O–H groups in total. The summed E-state index contributed by atoms with van der Waals surface area (Å²) in [4.78, 5) is 27.7. The quantitative estimate of drug-likeness (QED) is 0.844. The van der Waals surface area contributed by atoms with E-state index >= 15 is 0 Å². The number of hydrogen-bond acceptors (Lipinski definition) is 5. The molecule has 1 saturated carbocycles. The second kappa shape index (κ2) is 7.02. The van der Waals surface area contributed by atoms with E-state index in [1.54, 1.807) is 0 Å². The molecule has 2 amide bonds. The first-order valence-corrected chi connectivity index (χ1v) is 10.3. The fourth-order valence-electron chi connectivity index (χ4n) is 4.52. The van der Waals surface area contributed by atoms with Gasteiger partial charge in [0.15, 0.2) is 5.69 Å². The first-order chi connectivity index (χ1) is 12.1. The molecule has 6 nitrogen and oxygen atoms in total. The van der Waals surface area contributed by atoms with Crippen molar-refractivity contribution < 1.29 is 9.59 Å². The molecule has 4 rings (SSSR count). The van der Waals surface area contributed by atoms with E-state index in [1.807, 2.05) is 6.92 Å². The van der Waals surface area contributed by atoms with Gasteiger partial charge in [0, 0.05) is 25.0 Å². The van der Waals surface area contributed by atoms with Gasteiger partial charge in [-0.1, -0.05) is 4.49 Å². The molecule has 2 saturated heterocycles. The average molecular weight is 362 g/mol. The van der Waals surface area contributed by atoms with Crippen molar-refractivity contribution in [2.24, 2.45) is 11.8 Å². The van der Waals surface area contributed by atoms with Crippen LogP contribution in [0.5, 0.6) is 0 Å². The maximum Gasteiger partial charge on any atom is 0.273 e. The summed E-state index contributed by atoms with van der Waals surface area (Å²) in [5, 5.41) is 6.86. The molecule has 2 atom stereocenters. The number of carbonyl (C=O) groups is 2. The normalized spacial score (nSPS) is 28.2. The highest BCUT2D eigenvalue weighted by molar-refractivity contribution is 7.05. The Morgan fingerprint density at radius 2 is 1.88 bits per heavy atom. The molecule has 7 heteroatoms. The van der Waals surface area contributed by atoms with Crippen molar-refractivity contribution in [1.29, 1.82) is 0 Å². The standard InChI is InChI=1S/C18H26N4O2S/c1-11-17(20-21-25-11)18(24)19-7-6-13-8-14-4-5-15(9-13)22(14)16(23)10-12-2-3-12/h12-15H,2-10H2,1H3,(H,19,24). The molecule has 0 spiro atoms. The topological polar surface area (TPSA) is 75.2 Å². The first kappa shape index (κ1) is 16.9. The van der Waals surface area contributed by atoms with Crippen LogP contribution in [0, 0.1) is 18.8 Å². The first-order valence-electron chi connectivity index (χ1n) is 9.50. The number of nitrogens with one attached hydrogen (secondary N) is 1. The summed E-state index contributed by atoms with van der Waals surface area (Å²) in [6.07, 6.45) is 8.76. The fraction of sp³-hybridized carbons (Fsp3) is 0.778. The minimum Gasteiger partial charge on any atom is -0.351 e. The summed E-state index contributed by atoms with van der Waals surface area (Å²) in [7, 11) is 0. The van der Waals surface area contributed by atoms with Gasteiger partial charge in [-0.25, -0.2) is 0 Å². The molecule has 1 aromatic rings. The highest BCUT2D eigenvalue weighted by atomic mass is 32.1. The number of fused-ring (bicyclic) bond motifs is 2. The van der Waals surface area contributed by atoms with Gasteiger partial charge in [0.2, 0.25) is 5.91 Å². The number of carbonyl (C=O) groups excluding carboxylic acids is 2. The van der Waals surface area contributed by atoms with Crippen molar-refractivity contribution in [2.45, 2.75) is 70.4 Å². The maximum absolute atomic E-state index is 12.5. The molecule has 3 fully saturated rings. The molecule has 136 valence electrons. The molecule has 0 radical (unpaired) electrons. The largest absolute Gasteiger partial charge is 0.351 e. The Balaban J connectivity index is 1.25. The van der Waals surface area contributed by atoms with Crippen molar-refractivity contribution in [1.82, 2.24) is 19.8 Å². The lowest BCUT2D eigenvalue weighted by molar-refractivity contribution is -0.136. The van der Waals surface area contributed by atoms with Gasteiger partial charge in [0.1, 0.15) is 0 Å². The summed E-state index contributed by atoms with van der Waals surface area (Å²) in [5.41, 5.74) is 0.450. The summed E-state index contributed by atoms with van der Waals surface area (Å²) in [6, 6.07) is 0.881. The monoisotopic (exact) mass is 362 g/mol. The average Bonchev–Trinajstić information content (AvgIpc) is 3.22. The number of hydrogen-bond donors (Lipinski definition) is 1. The van der Waals surface area contributed by atoms with Crippen LogP contribution in [-0.2, 0) is 4.79 Å². The predicted molar refractivity (Wildman–Crippen MR) is 95.3 cm³/mol. The molecule has 0 aromatic carbocycles. The van der Waals surface area contributed by atoms with Gasteiger partial charge in [-0.3, -0.25) is 9.59 Å². The van der Waals surface area contributed by atoms with E-state index < -0.39 is 0 Å². The zero-order valence-electron chi connectivity index (χ0n) is 14.7. The van der Waals surface area contributed by atoms with Crippen LogP contribution in [-0.4, -0.2) is 44.9 Å².